The summed E-state index contributed by atoms with van der Waals surface area (Å²) in [6.45, 7) is 3.67. The first-order chi connectivity index (χ1) is 17.0. The highest BCUT2D eigenvalue weighted by Gasteiger charge is 2.62. The van der Waals surface area contributed by atoms with Crippen molar-refractivity contribution < 1.29 is 4.79 Å². The van der Waals surface area contributed by atoms with E-state index in [4.69, 9.17) is 23.2 Å². The predicted molar refractivity (Wildman–Crippen MR) is 144 cm³/mol. The summed E-state index contributed by atoms with van der Waals surface area (Å²) in [4.78, 5) is 18.4. The van der Waals surface area contributed by atoms with Crippen LogP contribution in [0.4, 0.5) is 0 Å². The number of amides is 1. The molecule has 0 N–H and O–H groups in total. The van der Waals surface area contributed by atoms with Gasteiger partial charge in [0.1, 0.15) is 0 Å². The van der Waals surface area contributed by atoms with Gasteiger partial charge in [-0.15, -0.1) is 0 Å². The number of likely N-dealkylation sites (N-methyl/N-ethyl adjacent to an activating group) is 1. The van der Waals surface area contributed by atoms with Gasteiger partial charge in [-0.05, 0) is 73.0 Å². The van der Waals surface area contributed by atoms with Crippen LogP contribution >= 0.6 is 23.2 Å². The summed E-state index contributed by atoms with van der Waals surface area (Å²) in [5.41, 5.74) is 3.03. The zero-order chi connectivity index (χ0) is 24.4. The lowest BCUT2D eigenvalue weighted by Gasteiger charge is -2.33. The van der Waals surface area contributed by atoms with E-state index in [9.17, 15) is 4.79 Å². The molecule has 5 rings (SSSR count). The summed E-state index contributed by atoms with van der Waals surface area (Å²) < 4.78 is 0. The molecule has 5 heteroatoms. The van der Waals surface area contributed by atoms with Gasteiger partial charge in [0.25, 0.3) is 0 Å². The van der Waals surface area contributed by atoms with Gasteiger partial charge in [0, 0.05) is 20.1 Å². The molecule has 0 radical (unpaired) electrons. The number of halogens is 2. The molecule has 3 nitrogen and oxygen atoms in total. The maximum absolute atomic E-state index is 13.9. The van der Waals surface area contributed by atoms with Gasteiger partial charge in [0.2, 0.25) is 5.91 Å². The second-order valence-corrected chi connectivity index (χ2v) is 10.9. The molecule has 1 aliphatic heterocycles. The Morgan fingerprint density at radius 2 is 1.60 bits per heavy atom. The van der Waals surface area contributed by atoms with Crippen LogP contribution in [0.5, 0.6) is 0 Å². The molecule has 1 saturated carbocycles. The summed E-state index contributed by atoms with van der Waals surface area (Å²) >= 11 is 12.6. The number of carbonyl (C=O) groups excluding carboxylic acids is 1. The fourth-order valence-electron chi connectivity index (χ4n) is 5.82. The van der Waals surface area contributed by atoms with Crippen molar-refractivity contribution in [1.82, 2.24) is 9.80 Å². The molecule has 1 amide bonds. The smallest absolute Gasteiger partial charge is 0.233 e. The van der Waals surface area contributed by atoms with Crippen LogP contribution in [0.3, 0.4) is 0 Å². The van der Waals surface area contributed by atoms with E-state index in [1.807, 2.05) is 48.3 Å². The van der Waals surface area contributed by atoms with Gasteiger partial charge in [-0.2, -0.15) is 0 Å². The van der Waals surface area contributed by atoms with Crippen LogP contribution in [-0.2, 0) is 16.8 Å². The molecule has 2 atom stereocenters. The molecule has 3 aromatic carbocycles. The highest BCUT2D eigenvalue weighted by Crippen LogP contribution is 2.56. The second kappa shape index (κ2) is 10.3. The largest absolute Gasteiger partial charge is 0.341 e. The molecule has 0 bridgehead atoms. The lowest BCUT2D eigenvalue weighted by molar-refractivity contribution is -0.133. The number of likely N-dealkylation sites (tertiary alicyclic amines) is 1. The molecule has 2 unspecified atom stereocenters. The number of hydrogen-bond donors (Lipinski definition) is 0. The normalized spacial score (nSPS) is 22.7. The summed E-state index contributed by atoms with van der Waals surface area (Å²) in [7, 11) is 1.91. The molecular formula is C30H32Cl2N2O. The van der Waals surface area contributed by atoms with Gasteiger partial charge < -0.3 is 9.80 Å². The Labute approximate surface area is 218 Å². The van der Waals surface area contributed by atoms with Crippen LogP contribution in [0.2, 0.25) is 10.0 Å². The van der Waals surface area contributed by atoms with Crippen LogP contribution in [-0.4, -0.2) is 42.4 Å². The first kappa shape index (κ1) is 24.4. The summed E-state index contributed by atoms with van der Waals surface area (Å²) in [6, 6.07) is 26.7. The van der Waals surface area contributed by atoms with Crippen molar-refractivity contribution in [3.8, 4) is 0 Å². The van der Waals surface area contributed by atoms with E-state index in [0.717, 1.165) is 37.2 Å². The van der Waals surface area contributed by atoms with Crippen LogP contribution in [0, 0.1) is 5.92 Å². The molecule has 2 fully saturated rings. The lowest BCUT2D eigenvalue weighted by Crippen LogP contribution is -2.40. The molecule has 0 aromatic heterocycles. The monoisotopic (exact) mass is 506 g/mol. The average Bonchev–Trinajstić information content (AvgIpc) is 3.61. The van der Waals surface area contributed by atoms with Gasteiger partial charge >= 0.3 is 0 Å². The van der Waals surface area contributed by atoms with E-state index < -0.39 is 5.41 Å². The minimum atomic E-state index is -0.534. The molecule has 3 aromatic rings. The van der Waals surface area contributed by atoms with Gasteiger partial charge in [-0.1, -0.05) is 89.9 Å². The third kappa shape index (κ3) is 5.14. The predicted octanol–water partition coefficient (Wildman–Crippen LogP) is 6.79. The molecular weight excluding hydrogens is 475 g/mol. The van der Waals surface area contributed by atoms with Crippen LogP contribution < -0.4 is 0 Å². The van der Waals surface area contributed by atoms with Gasteiger partial charge in [0.05, 0.1) is 15.5 Å². The molecule has 35 heavy (non-hydrogen) atoms. The molecule has 1 aliphatic carbocycles. The first-order valence-corrected chi connectivity index (χ1v) is 13.3. The molecule has 0 spiro atoms. The standard InChI is InChI=1S/C30H32Cl2N2O/c1-33(20-22-8-4-2-5-9-22)29(35)30(25-12-13-27(31)28(32)18-25)19-26(30)21-34-16-14-24(15-17-34)23-10-6-3-7-11-23/h2-13,18,24,26H,14-17,19-21H2,1H3. The van der Waals surface area contributed by atoms with Crippen molar-refractivity contribution in [3.05, 3.63) is 106 Å². The third-order valence-corrected chi connectivity index (χ3v) is 8.61. The zero-order valence-electron chi connectivity index (χ0n) is 20.2. The van der Waals surface area contributed by atoms with Crippen molar-refractivity contribution in [3.63, 3.8) is 0 Å². The number of piperidine rings is 1. The highest BCUT2D eigenvalue weighted by molar-refractivity contribution is 6.42. The lowest BCUT2D eigenvalue weighted by atomic mass is 9.88. The fraction of sp³-hybridized carbons (Fsp3) is 0.367. The van der Waals surface area contributed by atoms with Crippen molar-refractivity contribution in [2.45, 2.75) is 37.1 Å². The summed E-state index contributed by atoms with van der Waals surface area (Å²) in [6.07, 6.45) is 3.18. The Kier molecular flexibility index (Phi) is 7.20. The number of benzene rings is 3. The maximum atomic E-state index is 13.9. The summed E-state index contributed by atoms with van der Waals surface area (Å²) in [5, 5.41) is 1.03. The Morgan fingerprint density at radius 3 is 2.26 bits per heavy atom. The highest BCUT2D eigenvalue weighted by atomic mass is 35.5. The number of carbonyl (C=O) groups is 1. The van der Waals surface area contributed by atoms with E-state index in [-0.39, 0.29) is 11.8 Å². The van der Waals surface area contributed by atoms with E-state index in [2.05, 4.69) is 47.4 Å². The van der Waals surface area contributed by atoms with Gasteiger partial charge in [-0.3, -0.25) is 4.79 Å². The van der Waals surface area contributed by atoms with Gasteiger partial charge in [0.15, 0.2) is 0 Å². The number of nitrogens with zero attached hydrogens (tertiary/aromatic N) is 2. The third-order valence-electron chi connectivity index (χ3n) is 7.87. The second-order valence-electron chi connectivity index (χ2n) is 10.1. The molecule has 182 valence electrons. The van der Waals surface area contributed by atoms with Crippen LogP contribution in [0.1, 0.15) is 41.9 Å². The number of rotatable bonds is 7. The Bertz CT molecular complexity index is 1160. The molecule has 1 saturated heterocycles. The minimum absolute atomic E-state index is 0.170. The molecule has 2 aliphatic rings. The average molecular weight is 508 g/mol. The van der Waals surface area contributed by atoms with Crippen molar-refractivity contribution in [2.24, 2.45) is 5.92 Å². The minimum Gasteiger partial charge on any atom is -0.341 e. The van der Waals surface area contributed by atoms with Crippen molar-refractivity contribution >= 4 is 29.1 Å². The SMILES string of the molecule is CN(Cc1ccccc1)C(=O)C1(c2ccc(Cl)c(Cl)c2)CC1CN1CCC(c2ccccc2)CC1. The van der Waals surface area contributed by atoms with Crippen molar-refractivity contribution in [1.29, 1.82) is 0 Å². The van der Waals surface area contributed by atoms with Crippen LogP contribution in [0.15, 0.2) is 78.9 Å². The Hall–Kier alpha value is -2.33. The zero-order valence-corrected chi connectivity index (χ0v) is 21.7. The van der Waals surface area contributed by atoms with E-state index in [1.165, 1.54) is 18.4 Å². The Morgan fingerprint density at radius 1 is 0.943 bits per heavy atom. The molecule has 1 heterocycles. The topological polar surface area (TPSA) is 23.6 Å². The van der Waals surface area contributed by atoms with Crippen LogP contribution in [0.25, 0.3) is 0 Å². The van der Waals surface area contributed by atoms with Crippen molar-refractivity contribution in [2.75, 3.05) is 26.7 Å². The summed E-state index contributed by atoms with van der Waals surface area (Å²) in [5.74, 6) is 1.08. The fourth-order valence-corrected chi connectivity index (χ4v) is 6.12. The Balaban J connectivity index is 1.31. The number of hydrogen-bond acceptors (Lipinski definition) is 2. The quantitative estimate of drug-likeness (QED) is 0.352. The first-order valence-electron chi connectivity index (χ1n) is 12.5. The van der Waals surface area contributed by atoms with E-state index in [0.29, 0.717) is 22.5 Å². The van der Waals surface area contributed by atoms with E-state index >= 15 is 0 Å². The van der Waals surface area contributed by atoms with E-state index in [1.54, 1.807) is 0 Å². The maximum Gasteiger partial charge on any atom is 0.233 e. The van der Waals surface area contributed by atoms with Gasteiger partial charge in [-0.25, -0.2) is 0 Å².